The molecule has 2 nitrogen and oxygen atoms in total. The zero-order chi connectivity index (χ0) is 21.7. The van der Waals surface area contributed by atoms with Crippen LogP contribution >= 0.6 is 0 Å². The van der Waals surface area contributed by atoms with Crippen LogP contribution in [-0.4, -0.2) is 20.2 Å². The monoisotopic (exact) mass is 430 g/mol. The molecule has 0 bridgehead atoms. The number of Topliss-reactive ketones (excluding diaryl/α,β-unsaturated/α-hetero) is 1. The average molecular weight is 431 g/mol. The van der Waals surface area contributed by atoms with E-state index in [1.54, 1.807) is 5.57 Å². The van der Waals surface area contributed by atoms with Crippen LogP contribution < -0.4 is 0 Å². The Balaban J connectivity index is 1.53. The second kappa shape index (κ2) is 8.18. The van der Waals surface area contributed by atoms with Gasteiger partial charge in [0.2, 0.25) is 0 Å². The predicted octanol–water partition coefficient (Wildman–Crippen LogP) is 7.54. The first-order chi connectivity index (χ1) is 14.2. The largest absolute Gasteiger partial charge is 0.414 e. The van der Waals surface area contributed by atoms with Crippen LogP contribution in [-0.2, 0) is 9.22 Å². The van der Waals surface area contributed by atoms with Gasteiger partial charge in [-0.2, -0.15) is 0 Å². The third kappa shape index (κ3) is 3.41. The van der Waals surface area contributed by atoms with Crippen molar-refractivity contribution in [2.45, 2.75) is 117 Å². The van der Waals surface area contributed by atoms with E-state index in [0.29, 0.717) is 23.2 Å². The molecule has 4 aliphatic carbocycles. The summed E-state index contributed by atoms with van der Waals surface area (Å²) in [4.78, 5) is 12.4. The maximum atomic E-state index is 12.4. The predicted molar refractivity (Wildman–Crippen MR) is 128 cm³/mol. The van der Waals surface area contributed by atoms with Crippen molar-refractivity contribution in [2.75, 3.05) is 0 Å². The lowest BCUT2D eigenvalue weighted by atomic mass is 9.47. The molecule has 0 heterocycles. The fraction of sp³-hybridized carbons (Fsp3) is 0.889. The molecule has 3 fully saturated rings. The van der Waals surface area contributed by atoms with Crippen molar-refractivity contribution < 1.29 is 9.22 Å². The van der Waals surface area contributed by atoms with Gasteiger partial charge in [-0.15, -0.1) is 0 Å². The molecule has 3 saturated carbocycles. The molecule has 0 spiro atoms. The molecule has 0 unspecified atom stereocenters. The van der Waals surface area contributed by atoms with Crippen LogP contribution in [0.25, 0.3) is 0 Å². The van der Waals surface area contributed by atoms with Crippen LogP contribution in [0.5, 0.6) is 0 Å². The van der Waals surface area contributed by atoms with E-state index in [-0.39, 0.29) is 5.41 Å². The van der Waals surface area contributed by atoms with Crippen molar-refractivity contribution in [3.05, 3.63) is 11.6 Å². The average Bonchev–Trinajstić information content (AvgIpc) is 3.10. The van der Waals surface area contributed by atoms with Crippen molar-refractivity contribution >= 4 is 14.1 Å². The van der Waals surface area contributed by atoms with E-state index in [0.717, 1.165) is 24.2 Å². The normalized spacial score (nSPS) is 43.4. The molecule has 0 aromatic heterocycles. The van der Waals surface area contributed by atoms with Crippen molar-refractivity contribution in [1.82, 2.24) is 0 Å². The summed E-state index contributed by atoms with van der Waals surface area (Å²) >= 11 is 0. The Labute approximate surface area is 186 Å². The van der Waals surface area contributed by atoms with Gasteiger partial charge in [-0.25, -0.2) is 0 Å². The van der Waals surface area contributed by atoms with Crippen LogP contribution in [0, 0.1) is 34.5 Å². The zero-order valence-electron chi connectivity index (χ0n) is 20.6. The molecule has 0 aromatic carbocycles. The Kier molecular flexibility index (Phi) is 6.20. The molecule has 4 rings (SSSR count). The summed E-state index contributed by atoms with van der Waals surface area (Å²) in [6.07, 6.45) is 13.1. The molecule has 3 heteroatoms. The third-order valence-corrected chi connectivity index (χ3v) is 15.6. The topological polar surface area (TPSA) is 26.3 Å². The minimum absolute atomic E-state index is 0.267. The van der Waals surface area contributed by atoms with E-state index in [2.05, 4.69) is 40.7 Å². The molecule has 0 saturated heterocycles. The first-order valence-corrected chi connectivity index (χ1v) is 15.6. The van der Waals surface area contributed by atoms with Gasteiger partial charge in [0, 0.05) is 12.0 Å². The number of allylic oxidation sites excluding steroid dienone is 1. The quantitative estimate of drug-likeness (QED) is 0.321. The molecule has 4 aliphatic rings. The molecular formula is C27H46O2Si. The van der Waals surface area contributed by atoms with Gasteiger partial charge in [-0.1, -0.05) is 46.3 Å². The molecule has 0 radical (unpaired) electrons. The summed E-state index contributed by atoms with van der Waals surface area (Å²) in [5.41, 5.74) is 2.38. The van der Waals surface area contributed by atoms with E-state index in [1.807, 2.05) is 6.92 Å². The second-order valence-electron chi connectivity index (χ2n) is 11.8. The molecule has 0 aliphatic heterocycles. The van der Waals surface area contributed by atoms with Gasteiger partial charge in [-0.3, -0.25) is 4.79 Å². The molecule has 170 valence electrons. The third-order valence-electron chi connectivity index (χ3n) is 10.9. The molecule has 0 amide bonds. The van der Waals surface area contributed by atoms with Crippen molar-refractivity contribution in [3.8, 4) is 0 Å². The number of fused-ring (bicyclic) bond motifs is 5. The lowest BCUT2D eigenvalue weighted by Gasteiger charge is -2.58. The number of carbonyl (C=O) groups excluding carboxylic acids is 1. The SMILES string of the molecule is CC[Si](CC)(CC)O[C@H]1CC[C@@]2(C)C(=CC[C@H]3[C@@H]4CC[C@H](C(C)=O)[C@@]4(C)CC[C@@H]32)C1. The highest BCUT2D eigenvalue weighted by molar-refractivity contribution is 6.73. The van der Waals surface area contributed by atoms with E-state index >= 15 is 0 Å². The van der Waals surface area contributed by atoms with E-state index < -0.39 is 8.32 Å². The molecule has 0 N–H and O–H groups in total. The van der Waals surface area contributed by atoms with E-state index in [1.165, 1.54) is 63.1 Å². The summed E-state index contributed by atoms with van der Waals surface area (Å²) < 4.78 is 6.94. The first kappa shape index (κ1) is 22.8. The van der Waals surface area contributed by atoms with E-state index in [9.17, 15) is 4.79 Å². The summed E-state index contributed by atoms with van der Waals surface area (Å²) in [5.74, 6) is 3.15. The van der Waals surface area contributed by atoms with Crippen molar-refractivity contribution in [1.29, 1.82) is 0 Å². The highest BCUT2D eigenvalue weighted by atomic mass is 28.4. The van der Waals surface area contributed by atoms with Gasteiger partial charge in [0.15, 0.2) is 8.32 Å². The standard InChI is InChI=1S/C27H46O2Si/c1-7-30(8-2,9-3)29-21-14-16-26(5)20(18-21)10-11-22-24-13-12-23(19(4)28)27(24,6)17-15-25(22)26/h10,21-25H,7-9,11-18H2,1-6H3/t21-,22-,23+,24-,25-,26-,27+/m0/s1. The Morgan fingerprint density at radius 1 is 1.03 bits per heavy atom. The van der Waals surface area contributed by atoms with Gasteiger partial charge in [0.25, 0.3) is 0 Å². The van der Waals surface area contributed by atoms with Crippen LogP contribution in [0.1, 0.15) is 92.9 Å². The van der Waals surface area contributed by atoms with Gasteiger partial charge in [-0.05, 0) is 105 Å². The fourth-order valence-corrected chi connectivity index (χ4v) is 11.7. The maximum absolute atomic E-state index is 12.4. The first-order valence-electron chi connectivity index (χ1n) is 13.1. The minimum atomic E-state index is -1.53. The Morgan fingerprint density at radius 2 is 1.73 bits per heavy atom. The Bertz CT molecular complexity index is 687. The lowest BCUT2D eigenvalue weighted by Crippen LogP contribution is -2.51. The van der Waals surface area contributed by atoms with Gasteiger partial charge in [0.05, 0.1) is 0 Å². The van der Waals surface area contributed by atoms with Crippen molar-refractivity contribution in [3.63, 3.8) is 0 Å². The maximum Gasteiger partial charge on any atom is 0.192 e. The van der Waals surface area contributed by atoms with Crippen LogP contribution in [0.4, 0.5) is 0 Å². The minimum Gasteiger partial charge on any atom is -0.414 e. The smallest absolute Gasteiger partial charge is 0.192 e. The number of hydrogen-bond donors (Lipinski definition) is 0. The molecule has 7 atom stereocenters. The summed E-state index contributed by atoms with van der Waals surface area (Å²) in [6, 6.07) is 3.78. The highest BCUT2D eigenvalue weighted by Crippen LogP contribution is 2.66. The van der Waals surface area contributed by atoms with E-state index in [4.69, 9.17) is 4.43 Å². The number of hydrogen-bond acceptors (Lipinski definition) is 2. The lowest BCUT2D eigenvalue weighted by molar-refractivity contribution is -0.127. The van der Waals surface area contributed by atoms with Gasteiger partial charge >= 0.3 is 0 Å². The second-order valence-corrected chi connectivity index (χ2v) is 16.5. The highest BCUT2D eigenvalue weighted by Gasteiger charge is 2.59. The Hall–Kier alpha value is -0.413. The summed E-state index contributed by atoms with van der Waals surface area (Å²) in [5, 5.41) is 0. The van der Waals surface area contributed by atoms with Crippen molar-refractivity contribution in [2.24, 2.45) is 34.5 Å². The number of carbonyl (C=O) groups is 1. The van der Waals surface area contributed by atoms with Gasteiger partial charge in [0.1, 0.15) is 5.78 Å². The van der Waals surface area contributed by atoms with Crippen LogP contribution in [0.2, 0.25) is 18.1 Å². The van der Waals surface area contributed by atoms with Crippen LogP contribution in [0.3, 0.4) is 0 Å². The molecule has 0 aromatic rings. The van der Waals surface area contributed by atoms with Crippen LogP contribution in [0.15, 0.2) is 11.6 Å². The van der Waals surface area contributed by atoms with Gasteiger partial charge < -0.3 is 4.43 Å². The fourth-order valence-electron chi connectivity index (χ4n) is 8.75. The molecular weight excluding hydrogens is 384 g/mol. The number of ketones is 1. The summed E-state index contributed by atoms with van der Waals surface area (Å²) in [7, 11) is -1.53. The number of rotatable bonds is 6. The Morgan fingerprint density at radius 3 is 2.37 bits per heavy atom. The zero-order valence-corrected chi connectivity index (χ0v) is 21.6. The summed E-state index contributed by atoms with van der Waals surface area (Å²) in [6.45, 7) is 14.0. The molecule has 30 heavy (non-hydrogen) atoms.